The molecule has 0 aromatic heterocycles. The number of nitrogens with two attached hydrogens (primary N) is 1. The molecule has 0 heterocycles. The molecule has 18 heavy (non-hydrogen) atoms. The van der Waals surface area contributed by atoms with Crippen molar-refractivity contribution in [2.45, 2.75) is 38.4 Å². The van der Waals surface area contributed by atoms with Crippen molar-refractivity contribution >= 4 is 11.4 Å². The Balaban J connectivity index is 2.14. The van der Waals surface area contributed by atoms with E-state index >= 15 is 0 Å². The van der Waals surface area contributed by atoms with E-state index in [2.05, 4.69) is 5.32 Å². The van der Waals surface area contributed by atoms with Gasteiger partial charge in [-0.3, -0.25) is 0 Å². The predicted molar refractivity (Wildman–Crippen MR) is 66.3 cm³/mol. The van der Waals surface area contributed by atoms with Crippen LogP contribution in [0.3, 0.4) is 0 Å². The highest BCUT2D eigenvalue weighted by Gasteiger charge is 2.33. The summed E-state index contributed by atoms with van der Waals surface area (Å²) in [6.07, 6.45) is -0.891. The molecule has 2 rings (SSSR count). The van der Waals surface area contributed by atoms with Crippen LogP contribution < -0.4 is 11.1 Å². The molecule has 5 heteroatoms. The summed E-state index contributed by atoms with van der Waals surface area (Å²) in [6, 6.07) is 4.19. The highest BCUT2D eigenvalue weighted by atomic mass is 19.4. The SMILES string of the molecule is CC(Nc1ccc(N)c(C(F)(F)F)c1)C1CCC1. The molecular formula is C13H17F3N2. The van der Waals surface area contributed by atoms with Gasteiger partial charge in [-0.15, -0.1) is 0 Å². The Kier molecular flexibility index (Phi) is 3.41. The summed E-state index contributed by atoms with van der Waals surface area (Å²) >= 11 is 0. The number of benzene rings is 1. The lowest BCUT2D eigenvalue weighted by atomic mass is 9.80. The highest BCUT2D eigenvalue weighted by molar-refractivity contribution is 5.58. The van der Waals surface area contributed by atoms with Crippen LogP contribution in [0.4, 0.5) is 24.5 Å². The lowest BCUT2D eigenvalue weighted by molar-refractivity contribution is -0.136. The molecule has 1 aromatic rings. The lowest BCUT2D eigenvalue weighted by Crippen LogP contribution is -2.30. The van der Waals surface area contributed by atoms with E-state index < -0.39 is 11.7 Å². The van der Waals surface area contributed by atoms with Crippen LogP contribution in [0.1, 0.15) is 31.7 Å². The maximum atomic E-state index is 12.7. The first-order valence-electron chi connectivity index (χ1n) is 6.11. The van der Waals surface area contributed by atoms with Crippen molar-refractivity contribution < 1.29 is 13.2 Å². The molecule has 1 unspecified atom stereocenters. The van der Waals surface area contributed by atoms with Gasteiger partial charge in [0.05, 0.1) is 5.56 Å². The topological polar surface area (TPSA) is 38.0 Å². The van der Waals surface area contributed by atoms with Crippen LogP contribution in [-0.4, -0.2) is 6.04 Å². The van der Waals surface area contributed by atoms with Crippen LogP contribution in [0.5, 0.6) is 0 Å². The van der Waals surface area contributed by atoms with E-state index in [4.69, 9.17) is 5.73 Å². The highest BCUT2D eigenvalue weighted by Crippen LogP contribution is 2.36. The maximum absolute atomic E-state index is 12.7. The predicted octanol–water partition coefficient (Wildman–Crippen LogP) is 3.89. The Morgan fingerprint density at radius 3 is 2.50 bits per heavy atom. The van der Waals surface area contributed by atoms with Gasteiger partial charge in [-0.1, -0.05) is 6.42 Å². The largest absolute Gasteiger partial charge is 0.418 e. The van der Waals surface area contributed by atoms with Gasteiger partial charge in [-0.05, 0) is 43.9 Å². The molecule has 0 aliphatic heterocycles. The number of alkyl halides is 3. The fourth-order valence-electron chi connectivity index (χ4n) is 2.21. The van der Waals surface area contributed by atoms with Gasteiger partial charge in [-0.2, -0.15) is 13.2 Å². The molecule has 0 amide bonds. The van der Waals surface area contributed by atoms with Crippen molar-refractivity contribution in [3.05, 3.63) is 23.8 Å². The number of anilines is 2. The number of nitrogens with one attached hydrogen (secondary N) is 1. The zero-order chi connectivity index (χ0) is 13.3. The fraction of sp³-hybridized carbons (Fsp3) is 0.538. The molecule has 3 N–H and O–H groups in total. The molecule has 2 nitrogen and oxygen atoms in total. The summed E-state index contributed by atoms with van der Waals surface area (Å²) in [7, 11) is 0. The molecule has 0 saturated heterocycles. The van der Waals surface area contributed by atoms with Crippen LogP contribution in [0.2, 0.25) is 0 Å². The van der Waals surface area contributed by atoms with Gasteiger partial charge in [0.15, 0.2) is 0 Å². The van der Waals surface area contributed by atoms with Crippen LogP contribution in [0.25, 0.3) is 0 Å². The summed E-state index contributed by atoms with van der Waals surface area (Å²) in [5.74, 6) is 0.567. The smallest absolute Gasteiger partial charge is 0.398 e. The minimum absolute atomic E-state index is 0.198. The zero-order valence-corrected chi connectivity index (χ0v) is 10.2. The maximum Gasteiger partial charge on any atom is 0.418 e. The summed E-state index contributed by atoms with van der Waals surface area (Å²) in [4.78, 5) is 0. The minimum atomic E-state index is -4.40. The number of hydrogen-bond donors (Lipinski definition) is 2. The first-order valence-corrected chi connectivity index (χ1v) is 6.11. The molecule has 1 aromatic carbocycles. The Hall–Kier alpha value is -1.39. The number of nitrogen functional groups attached to an aromatic ring is 1. The monoisotopic (exact) mass is 258 g/mol. The fourth-order valence-corrected chi connectivity index (χ4v) is 2.21. The van der Waals surface area contributed by atoms with E-state index in [1.165, 1.54) is 12.5 Å². The van der Waals surface area contributed by atoms with E-state index in [0.29, 0.717) is 11.6 Å². The molecule has 1 aliphatic rings. The average molecular weight is 258 g/mol. The van der Waals surface area contributed by atoms with Gasteiger partial charge in [-0.25, -0.2) is 0 Å². The Morgan fingerprint density at radius 2 is 2.00 bits per heavy atom. The van der Waals surface area contributed by atoms with Gasteiger partial charge in [0.25, 0.3) is 0 Å². The quantitative estimate of drug-likeness (QED) is 0.807. The van der Waals surface area contributed by atoms with E-state index in [0.717, 1.165) is 18.9 Å². The molecule has 0 bridgehead atoms. The van der Waals surface area contributed by atoms with Crippen molar-refractivity contribution in [2.75, 3.05) is 11.1 Å². The number of halogens is 3. The zero-order valence-electron chi connectivity index (χ0n) is 10.2. The molecule has 1 atom stereocenters. The first-order chi connectivity index (χ1) is 8.38. The van der Waals surface area contributed by atoms with Crippen molar-refractivity contribution in [1.29, 1.82) is 0 Å². The van der Waals surface area contributed by atoms with Gasteiger partial charge in [0.1, 0.15) is 0 Å². The van der Waals surface area contributed by atoms with E-state index in [1.807, 2.05) is 6.92 Å². The third-order valence-electron chi connectivity index (χ3n) is 3.61. The summed E-state index contributed by atoms with van der Waals surface area (Å²) in [5, 5.41) is 3.13. The number of rotatable bonds is 3. The second-order valence-electron chi connectivity index (χ2n) is 4.92. The Labute approximate surface area is 104 Å². The molecule has 100 valence electrons. The second-order valence-corrected chi connectivity index (χ2v) is 4.92. The molecule has 1 aliphatic carbocycles. The second kappa shape index (κ2) is 4.71. The first kappa shape index (κ1) is 13.1. The van der Waals surface area contributed by atoms with Gasteiger partial charge in [0.2, 0.25) is 0 Å². The lowest BCUT2D eigenvalue weighted by Gasteiger charge is -2.32. The van der Waals surface area contributed by atoms with Crippen LogP contribution in [0, 0.1) is 5.92 Å². The molecule has 0 radical (unpaired) electrons. The number of hydrogen-bond acceptors (Lipinski definition) is 2. The Bertz CT molecular complexity index is 425. The van der Waals surface area contributed by atoms with Crippen LogP contribution in [0.15, 0.2) is 18.2 Å². The molecule has 0 spiro atoms. The van der Waals surface area contributed by atoms with E-state index in [9.17, 15) is 13.2 Å². The van der Waals surface area contributed by atoms with Gasteiger partial charge < -0.3 is 11.1 Å². The van der Waals surface area contributed by atoms with Crippen molar-refractivity contribution in [2.24, 2.45) is 5.92 Å². The van der Waals surface area contributed by atoms with Crippen molar-refractivity contribution in [3.63, 3.8) is 0 Å². The third kappa shape index (κ3) is 2.71. The van der Waals surface area contributed by atoms with E-state index in [-0.39, 0.29) is 11.7 Å². The third-order valence-corrected chi connectivity index (χ3v) is 3.61. The van der Waals surface area contributed by atoms with Crippen LogP contribution in [-0.2, 0) is 6.18 Å². The van der Waals surface area contributed by atoms with Gasteiger partial charge >= 0.3 is 6.18 Å². The molecule has 1 saturated carbocycles. The summed E-state index contributed by atoms with van der Waals surface area (Å²) in [5.41, 5.74) is 4.84. The molecule has 1 fully saturated rings. The normalized spacial score (nSPS) is 18.2. The van der Waals surface area contributed by atoms with Gasteiger partial charge in [0, 0.05) is 17.4 Å². The average Bonchev–Trinajstić information content (AvgIpc) is 2.16. The van der Waals surface area contributed by atoms with E-state index in [1.54, 1.807) is 6.07 Å². The van der Waals surface area contributed by atoms with Crippen molar-refractivity contribution in [3.8, 4) is 0 Å². The van der Waals surface area contributed by atoms with Crippen LogP contribution >= 0.6 is 0 Å². The Morgan fingerprint density at radius 1 is 1.33 bits per heavy atom. The van der Waals surface area contributed by atoms with Crippen molar-refractivity contribution in [1.82, 2.24) is 0 Å². The molecular weight excluding hydrogens is 241 g/mol. The minimum Gasteiger partial charge on any atom is -0.398 e. The summed E-state index contributed by atoms with van der Waals surface area (Å²) < 4.78 is 38.1. The standard InChI is InChI=1S/C13H17F3N2/c1-8(9-3-2-4-9)18-10-5-6-12(17)11(7-10)13(14,15)16/h5-9,18H,2-4,17H2,1H3. The summed E-state index contributed by atoms with van der Waals surface area (Å²) in [6.45, 7) is 2.01.